The summed E-state index contributed by atoms with van der Waals surface area (Å²) in [5.41, 5.74) is 0. The molecule has 0 radical (unpaired) electrons. The minimum atomic E-state index is -0.0445. The zero-order valence-corrected chi connectivity index (χ0v) is 7.29. The van der Waals surface area contributed by atoms with Gasteiger partial charge in [0, 0.05) is 19.5 Å². The molecule has 0 aliphatic heterocycles. The smallest absolute Gasteiger partial charge is 0.222 e. The van der Waals surface area contributed by atoms with Crippen LogP contribution in [0.5, 0.6) is 0 Å². The molecule has 1 amide bonds. The average Bonchev–Trinajstić information content (AvgIpc) is 2.11. The first-order valence-corrected chi connectivity index (χ1v) is 4.01. The molecule has 4 nitrogen and oxygen atoms in total. The number of rotatable bonds is 5. The van der Waals surface area contributed by atoms with E-state index in [1.54, 1.807) is 6.92 Å². The molecule has 68 valence electrons. The molecule has 12 heavy (non-hydrogen) atoms. The Hall–Kier alpha value is -1.08. The third-order valence-corrected chi connectivity index (χ3v) is 1.52. The number of nitriles is 1. The molecule has 0 fully saturated rings. The van der Waals surface area contributed by atoms with Gasteiger partial charge in [0.25, 0.3) is 0 Å². The van der Waals surface area contributed by atoms with Gasteiger partial charge in [-0.15, -0.1) is 0 Å². The molecular formula is C8H14N2O2. The molecule has 0 rings (SSSR count). The van der Waals surface area contributed by atoms with Crippen LogP contribution in [0.25, 0.3) is 0 Å². The Morgan fingerprint density at radius 2 is 2.25 bits per heavy atom. The van der Waals surface area contributed by atoms with E-state index in [1.807, 2.05) is 6.07 Å². The first-order valence-electron chi connectivity index (χ1n) is 4.01. The summed E-state index contributed by atoms with van der Waals surface area (Å²) in [5, 5.41) is 16.9. The van der Waals surface area contributed by atoms with Gasteiger partial charge < -0.3 is 10.0 Å². The lowest BCUT2D eigenvalue weighted by atomic mass is 10.3. The average molecular weight is 170 g/mol. The zero-order chi connectivity index (χ0) is 9.40. The van der Waals surface area contributed by atoms with Gasteiger partial charge in [0.1, 0.15) is 0 Å². The van der Waals surface area contributed by atoms with Crippen molar-refractivity contribution < 1.29 is 9.90 Å². The lowest BCUT2D eigenvalue weighted by molar-refractivity contribution is -0.131. The summed E-state index contributed by atoms with van der Waals surface area (Å²) in [5.74, 6) is -0.0145. The fourth-order valence-electron chi connectivity index (χ4n) is 0.890. The van der Waals surface area contributed by atoms with Crippen molar-refractivity contribution in [2.75, 3.05) is 19.7 Å². The van der Waals surface area contributed by atoms with Gasteiger partial charge in [0.15, 0.2) is 0 Å². The van der Waals surface area contributed by atoms with Crippen molar-refractivity contribution in [2.45, 2.75) is 19.8 Å². The van der Waals surface area contributed by atoms with Crippen molar-refractivity contribution in [2.24, 2.45) is 0 Å². The first-order chi connectivity index (χ1) is 5.76. The second-order valence-electron chi connectivity index (χ2n) is 2.37. The van der Waals surface area contributed by atoms with Crippen LogP contribution in [-0.2, 0) is 4.79 Å². The van der Waals surface area contributed by atoms with E-state index in [0.29, 0.717) is 25.9 Å². The van der Waals surface area contributed by atoms with E-state index in [1.165, 1.54) is 4.90 Å². The molecule has 0 saturated carbocycles. The minimum absolute atomic E-state index is 0.0145. The number of hydrogen-bond acceptors (Lipinski definition) is 3. The maximum atomic E-state index is 11.1. The number of aliphatic hydroxyl groups is 1. The van der Waals surface area contributed by atoms with Crippen LogP contribution in [0, 0.1) is 11.3 Å². The number of amides is 1. The van der Waals surface area contributed by atoms with Crippen molar-refractivity contribution in [1.82, 2.24) is 4.90 Å². The zero-order valence-electron chi connectivity index (χ0n) is 7.29. The number of carbonyl (C=O) groups excluding carboxylic acids is 1. The predicted molar refractivity (Wildman–Crippen MR) is 44.2 cm³/mol. The van der Waals surface area contributed by atoms with E-state index in [0.717, 1.165) is 0 Å². The molecule has 0 saturated heterocycles. The van der Waals surface area contributed by atoms with Crippen molar-refractivity contribution >= 4 is 5.91 Å². The summed E-state index contributed by atoms with van der Waals surface area (Å²) < 4.78 is 0. The highest BCUT2D eigenvalue weighted by Gasteiger charge is 2.09. The van der Waals surface area contributed by atoms with Crippen molar-refractivity contribution in [3.8, 4) is 6.07 Å². The Labute approximate surface area is 72.4 Å². The molecule has 1 N–H and O–H groups in total. The Morgan fingerprint density at radius 3 is 2.67 bits per heavy atom. The largest absolute Gasteiger partial charge is 0.395 e. The molecule has 0 aromatic rings. The summed E-state index contributed by atoms with van der Waals surface area (Å²) in [4.78, 5) is 12.6. The highest BCUT2D eigenvalue weighted by atomic mass is 16.3. The van der Waals surface area contributed by atoms with Crippen LogP contribution in [0.15, 0.2) is 0 Å². The first kappa shape index (κ1) is 10.9. The Kier molecular flexibility index (Phi) is 6.02. The van der Waals surface area contributed by atoms with Crippen LogP contribution in [-0.4, -0.2) is 35.6 Å². The molecule has 0 unspecified atom stereocenters. The molecule has 0 aromatic heterocycles. The molecule has 0 heterocycles. The van der Waals surface area contributed by atoms with Crippen LogP contribution < -0.4 is 0 Å². The maximum Gasteiger partial charge on any atom is 0.222 e. The van der Waals surface area contributed by atoms with Crippen LogP contribution in [0.2, 0.25) is 0 Å². The maximum absolute atomic E-state index is 11.1. The van der Waals surface area contributed by atoms with Gasteiger partial charge in [-0.05, 0) is 0 Å². The van der Waals surface area contributed by atoms with Gasteiger partial charge in [0.05, 0.1) is 19.1 Å². The number of nitrogens with zero attached hydrogens (tertiary/aromatic N) is 2. The molecule has 0 atom stereocenters. The van der Waals surface area contributed by atoms with Crippen molar-refractivity contribution in [1.29, 1.82) is 5.26 Å². The molecule has 0 spiro atoms. The fourth-order valence-corrected chi connectivity index (χ4v) is 0.890. The summed E-state index contributed by atoms with van der Waals surface area (Å²) >= 11 is 0. The standard InChI is InChI=1S/C8H14N2O2/c1-2-8(12)10(6-7-11)5-3-4-9/h11H,2-3,5-7H2,1H3. The Balaban J connectivity index is 3.86. The molecule has 4 heteroatoms. The highest BCUT2D eigenvalue weighted by molar-refractivity contribution is 5.75. The molecule has 0 aromatic carbocycles. The second-order valence-corrected chi connectivity index (χ2v) is 2.37. The van der Waals surface area contributed by atoms with Crippen molar-refractivity contribution in [3.05, 3.63) is 0 Å². The van der Waals surface area contributed by atoms with Crippen LogP contribution in [0.3, 0.4) is 0 Å². The molecule has 0 aliphatic rings. The van der Waals surface area contributed by atoms with Crippen LogP contribution in [0.4, 0.5) is 0 Å². The highest BCUT2D eigenvalue weighted by Crippen LogP contribution is 1.94. The van der Waals surface area contributed by atoms with E-state index in [-0.39, 0.29) is 12.5 Å². The van der Waals surface area contributed by atoms with E-state index in [4.69, 9.17) is 10.4 Å². The van der Waals surface area contributed by atoms with Crippen LogP contribution >= 0.6 is 0 Å². The summed E-state index contributed by atoms with van der Waals surface area (Å²) in [6, 6.07) is 1.96. The number of carbonyl (C=O) groups is 1. The number of aliphatic hydroxyl groups excluding tert-OH is 1. The van der Waals surface area contributed by atoms with Gasteiger partial charge in [-0.1, -0.05) is 6.92 Å². The van der Waals surface area contributed by atoms with Gasteiger partial charge >= 0.3 is 0 Å². The van der Waals surface area contributed by atoms with Crippen molar-refractivity contribution in [3.63, 3.8) is 0 Å². The predicted octanol–water partition coefficient (Wildman–Crippen LogP) is 0.131. The molecule has 0 bridgehead atoms. The van der Waals surface area contributed by atoms with E-state index < -0.39 is 0 Å². The third kappa shape index (κ3) is 3.94. The second kappa shape index (κ2) is 6.62. The monoisotopic (exact) mass is 170 g/mol. The number of hydrogen-bond donors (Lipinski definition) is 1. The fraction of sp³-hybridized carbons (Fsp3) is 0.750. The topological polar surface area (TPSA) is 64.3 Å². The normalized spacial score (nSPS) is 9.08. The van der Waals surface area contributed by atoms with Gasteiger partial charge in [-0.3, -0.25) is 4.79 Å². The molecular weight excluding hydrogens is 156 g/mol. The van der Waals surface area contributed by atoms with E-state index in [2.05, 4.69) is 0 Å². The Morgan fingerprint density at radius 1 is 1.58 bits per heavy atom. The van der Waals surface area contributed by atoms with Crippen LogP contribution in [0.1, 0.15) is 19.8 Å². The summed E-state index contributed by atoms with van der Waals surface area (Å²) in [7, 11) is 0. The van der Waals surface area contributed by atoms with Gasteiger partial charge in [0.2, 0.25) is 5.91 Å². The van der Waals surface area contributed by atoms with E-state index >= 15 is 0 Å². The quantitative estimate of drug-likeness (QED) is 0.638. The van der Waals surface area contributed by atoms with Gasteiger partial charge in [-0.2, -0.15) is 5.26 Å². The van der Waals surface area contributed by atoms with Gasteiger partial charge in [-0.25, -0.2) is 0 Å². The minimum Gasteiger partial charge on any atom is -0.395 e. The Bertz CT molecular complexity index is 174. The SMILES string of the molecule is CCC(=O)N(CCO)CCC#N. The lowest BCUT2D eigenvalue weighted by Crippen LogP contribution is -2.33. The lowest BCUT2D eigenvalue weighted by Gasteiger charge is -2.19. The summed E-state index contributed by atoms with van der Waals surface area (Å²) in [6.45, 7) is 2.47. The molecule has 0 aliphatic carbocycles. The van der Waals surface area contributed by atoms with E-state index in [9.17, 15) is 4.79 Å². The third-order valence-electron chi connectivity index (χ3n) is 1.52. The summed E-state index contributed by atoms with van der Waals surface area (Å²) in [6.07, 6.45) is 0.747.